The molecule has 0 spiro atoms. The molecule has 4 heteroatoms. The van der Waals surface area contributed by atoms with E-state index in [4.69, 9.17) is 0 Å². The standard InChI is InChI=1S/C12H23NO2S/c14-16(15)9-5-8-12(10-16)13-11-6-3-1-2-4-7-11/h11-13H,1-10H2. The van der Waals surface area contributed by atoms with Gasteiger partial charge in [-0.05, 0) is 25.7 Å². The molecule has 0 radical (unpaired) electrons. The van der Waals surface area contributed by atoms with E-state index in [1.165, 1.54) is 38.5 Å². The predicted octanol–water partition coefficient (Wildman–Crippen LogP) is 1.88. The van der Waals surface area contributed by atoms with Crippen molar-refractivity contribution in [3.8, 4) is 0 Å². The molecule has 1 N–H and O–H groups in total. The monoisotopic (exact) mass is 245 g/mol. The molecule has 1 saturated heterocycles. The maximum absolute atomic E-state index is 11.5. The molecular weight excluding hydrogens is 222 g/mol. The summed E-state index contributed by atoms with van der Waals surface area (Å²) in [6.45, 7) is 0. The summed E-state index contributed by atoms with van der Waals surface area (Å²) in [4.78, 5) is 0. The van der Waals surface area contributed by atoms with E-state index in [-0.39, 0.29) is 6.04 Å². The first-order chi connectivity index (χ1) is 7.66. The summed E-state index contributed by atoms with van der Waals surface area (Å²) in [5, 5.41) is 3.57. The Morgan fingerprint density at radius 1 is 0.812 bits per heavy atom. The Morgan fingerprint density at radius 3 is 2.06 bits per heavy atom. The second-order valence-corrected chi connectivity index (χ2v) is 7.54. The van der Waals surface area contributed by atoms with E-state index >= 15 is 0 Å². The van der Waals surface area contributed by atoms with Crippen LogP contribution in [-0.2, 0) is 9.84 Å². The zero-order valence-corrected chi connectivity index (χ0v) is 10.8. The SMILES string of the molecule is O=S1(=O)CCCC(NC2CCCCCC2)C1. The van der Waals surface area contributed by atoms with Gasteiger partial charge >= 0.3 is 0 Å². The molecule has 3 nitrogen and oxygen atoms in total. The molecular formula is C12H23NO2S. The number of sulfone groups is 1. The fourth-order valence-electron chi connectivity index (χ4n) is 2.93. The molecule has 0 aromatic rings. The number of rotatable bonds is 2. The van der Waals surface area contributed by atoms with E-state index < -0.39 is 9.84 Å². The van der Waals surface area contributed by atoms with Gasteiger partial charge in [-0.2, -0.15) is 0 Å². The zero-order chi connectivity index (χ0) is 11.4. The van der Waals surface area contributed by atoms with Crippen molar-refractivity contribution in [3.63, 3.8) is 0 Å². The summed E-state index contributed by atoms with van der Waals surface area (Å²) in [6.07, 6.45) is 9.64. The van der Waals surface area contributed by atoms with Gasteiger partial charge in [0.25, 0.3) is 0 Å². The van der Waals surface area contributed by atoms with Gasteiger partial charge in [-0.1, -0.05) is 25.7 Å². The molecule has 1 heterocycles. The maximum atomic E-state index is 11.5. The second kappa shape index (κ2) is 5.50. The fourth-order valence-corrected chi connectivity index (χ4v) is 4.58. The molecule has 1 saturated carbocycles. The summed E-state index contributed by atoms with van der Waals surface area (Å²) < 4.78 is 23.1. The van der Waals surface area contributed by atoms with Gasteiger partial charge in [0.2, 0.25) is 0 Å². The largest absolute Gasteiger partial charge is 0.310 e. The highest BCUT2D eigenvalue weighted by Gasteiger charge is 2.26. The van der Waals surface area contributed by atoms with Crippen LogP contribution in [0.25, 0.3) is 0 Å². The van der Waals surface area contributed by atoms with E-state index in [0.717, 1.165) is 12.8 Å². The number of hydrogen-bond acceptors (Lipinski definition) is 3. The molecule has 0 amide bonds. The molecule has 94 valence electrons. The lowest BCUT2D eigenvalue weighted by Crippen LogP contribution is -2.45. The summed E-state index contributed by atoms with van der Waals surface area (Å²) in [5.74, 6) is 0.763. The molecule has 2 fully saturated rings. The molecule has 2 aliphatic rings. The smallest absolute Gasteiger partial charge is 0.151 e. The van der Waals surface area contributed by atoms with E-state index in [1.807, 2.05) is 0 Å². The predicted molar refractivity (Wildman–Crippen MR) is 66.3 cm³/mol. The van der Waals surface area contributed by atoms with Gasteiger partial charge in [0.1, 0.15) is 0 Å². The van der Waals surface area contributed by atoms with Gasteiger partial charge in [0, 0.05) is 12.1 Å². The summed E-state index contributed by atoms with van der Waals surface area (Å²) in [5.41, 5.74) is 0. The Kier molecular flexibility index (Phi) is 4.25. The van der Waals surface area contributed by atoms with Crippen LogP contribution >= 0.6 is 0 Å². The third kappa shape index (κ3) is 3.74. The van der Waals surface area contributed by atoms with Crippen molar-refractivity contribution in [1.82, 2.24) is 5.32 Å². The Balaban J connectivity index is 1.83. The minimum Gasteiger partial charge on any atom is -0.310 e. The third-order valence-electron chi connectivity index (χ3n) is 3.79. The molecule has 1 aliphatic heterocycles. The number of nitrogens with one attached hydrogen (secondary N) is 1. The van der Waals surface area contributed by atoms with Crippen LogP contribution in [0, 0.1) is 0 Å². The first-order valence-corrected chi connectivity index (χ1v) is 8.44. The average Bonchev–Trinajstić information content (AvgIpc) is 2.45. The van der Waals surface area contributed by atoms with Gasteiger partial charge in [-0.3, -0.25) is 0 Å². The Bertz CT molecular complexity index is 305. The molecule has 1 aliphatic carbocycles. The Morgan fingerprint density at radius 2 is 1.44 bits per heavy atom. The highest BCUT2D eigenvalue weighted by Crippen LogP contribution is 2.20. The topological polar surface area (TPSA) is 46.2 Å². The van der Waals surface area contributed by atoms with Crippen molar-refractivity contribution in [2.24, 2.45) is 0 Å². The molecule has 1 atom stereocenters. The summed E-state index contributed by atoms with van der Waals surface area (Å²) in [6, 6.07) is 0.794. The first-order valence-electron chi connectivity index (χ1n) is 6.62. The van der Waals surface area contributed by atoms with Gasteiger partial charge in [0.15, 0.2) is 9.84 Å². The average molecular weight is 245 g/mol. The molecule has 1 unspecified atom stereocenters. The molecule has 16 heavy (non-hydrogen) atoms. The van der Waals surface area contributed by atoms with E-state index in [9.17, 15) is 8.42 Å². The minimum atomic E-state index is -2.75. The van der Waals surface area contributed by atoms with Gasteiger partial charge in [0.05, 0.1) is 11.5 Å². The molecule has 2 rings (SSSR count). The normalized spacial score (nSPS) is 32.1. The molecule has 0 aromatic carbocycles. The maximum Gasteiger partial charge on any atom is 0.151 e. The van der Waals surface area contributed by atoms with Crippen LogP contribution in [0.3, 0.4) is 0 Å². The van der Waals surface area contributed by atoms with Gasteiger partial charge in [-0.15, -0.1) is 0 Å². The van der Waals surface area contributed by atoms with Crippen molar-refractivity contribution in [3.05, 3.63) is 0 Å². The fraction of sp³-hybridized carbons (Fsp3) is 1.00. The van der Waals surface area contributed by atoms with E-state index in [2.05, 4.69) is 5.32 Å². The summed E-state index contributed by atoms with van der Waals surface area (Å²) in [7, 11) is -2.75. The lowest BCUT2D eigenvalue weighted by atomic mass is 10.1. The first kappa shape index (κ1) is 12.4. The van der Waals surface area contributed by atoms with Crippen molar-refractivity contribution >= 4 is 9.84 Å². The van der Waals surface area contributed by atoms with Crippen LogP contribution in [0.1, 0.15) is 51.4 Å². The molecule has 0 bridgehead atoms. The quantitative estimate of drug-likeness (QED) is 0.756. The number of hydrogen-bond donors (Lipinski definition) is 1. The van der Waals surface area contributed by atoms with Crippen LogP contribution in [-0.4, -0.2) is 32.0 Å². The van der Waals surface area contributed by atoms with Crippen molar-refractivity contribution in [2.45, 2.75) is 63.5 Å². The van der Waals surface area contributed by atoms with Crippen LogP contribution in [0.4, 0.5) is 0 Å². The molecule has 0 aromatic heterocycles. The lowest BCUT2D eigenvalue weighted by molar-refractivity contribution is 0.385. The highest BCUT2D eigenvalue weighted by atomic mass is 32.2. The summed E-state index contributed by atoms with van der Waals surface area (Å²) >= 11 is 0. The van der Waals surface area contributed by atoms with Crippen molar-refractivity contribution < 1.29 is 8.42 Å². The zero-order valence-electron chi connectivity index (χ0n) is 9.95. The Labute approximate surface area is 98.9 Å². The van der Waals surface area contributed by atoms with Gasteiger partial charge in [-0.25, -0.2) is 8.42 Å². The van der Waals surface area contributed by atoms with E-state index in [0.29, 0.717) is 17.5 Å². The second-order valence-electron chi connectivity index (χ2n) is 5.31. The lowest BCUT2D eigenvalue weighted by Gasteiger charge is -2.27. The van der Waals surface area contributed by atoms with Crippen LogP contribution < -0.4 is 5.32 Å². The third-order valence-corrected chi connectivity index (χ3v) is 5.61. The minimum absolute atomic E-state index is 0.224. The van der Waals surface area contributed by atoms with Crippen molar-refractivity contribution in [1.29, 1.82) is 0 Å². The Hall–Kier alpha value is -0.0900. The van der Waals surface area contributed by atoms with Crippen LogP contribution in [0.5, 0.6) is 0 Å². The highest BCUT2D eigenvalue weighted by molar-refractivity contribution is 7.91. The van der Waals surface area contributed by atoms with Gasteiger partial charge < -0.3 is 5.32 Å². The van der Waals surface area contributed by atoms with Crippen LogP contribution in [0.2, 0.25) is 0 Å². The van der Waals surface area contributed by atoms with Crippen molar-refractivity contribution in [2.75, 3.05) is 11.5 Å². The van der Waals surface area contributed by atoms with Crippen LogP contribution in [0.15, 0.2) is 0 Å². The van der Waals surface area contributed by atoms with E-state index in [1.54, 1.807) is 0 Å².